The van der Waals surface area contributed by atoms with Crippen molar-refractivity contribution >= 4 is 56.1 Å². The van der Waals surface area contributed by atoms with E-state index in [1.54, 1.807) is 37.3 Å². The van der Waals surface area contributed by atoms with Gasteiger partial charge in [0.25, 0.3) is 11.5 Å². The van der Waals surface area contributed by atoms with E-state index in [1.165, 1.54) is 4.57 Å². The zero-order valence-electron chi connectivity index (χ0n) is 21.5. The number of rotatable bonds is 4. The Labute approximate surface area is 245 Å². The molecule has 4 heterocycles. The number of carbonyl (C=O) groups is 2. The summed E-state index contributed by atoms with van der Waals surface area (Å²) in [5.74, 6) is 0.0977. The second-order valence-electron chi connectivity index (χ2n) is 9.38. The van der Waals surface area contributed by atoms with Crippen molar-refractivity contribution in [2.75, 3.05) is 18.7 Å². The Morgan fingerprint density at radius 1 is 1.10 bits per heavy atom. The SMILES string of the molecule is CCOC(=O)C1=C(c2ccccc2)N=c2s/c(=C3\C(=O)Nc4ccc(Br)cc43)c(=O)n2[C@@H]1c1ccc2c(c1)OCO2. The molecule has 0 spiro atoms. The fourth-order valence-electron chi connectivity index (χ4n) is 5.25. The number of carbonyl (C=O) groups excluding carboxylic acids is 2. The molecule has 3 aliphatic rings. The number of fused-ring (bicyclic) bond motifs is 3. The first-order valence-corrected chi connectivity index (χ1v) is 14.4. The zero-order valence-corrected chi connectivity index (χ0v) is 23.9. The van der Waals surface area contributed by atoms with Gasteiger partial charge in [-0.1, -0.05) is 63.7 Å². The lowest BCUT2D eigenvalue weighted by Gasteiger charge is -2.26. The van der Waals surface area contributed by atoms with Crippen LogP contribution in [0.4, 0.5) is 5.69 Å². The number of amides is 1. The van der Waals surface area contributed by atoms with Crippen LogP contribution >= 0.6 is 27.3 Å². The Hall–Kier alpha value is -4.48. The molecule has 0 fully saturated rings. The Bertz CT molecular complexity index is 2000. The largest absolute Gasteiger partial charge is 0.463 e. The van der Waals surface area contributed by atoms with Crippen LogP contribution in [0, 0.1) is 0 Å². The molecule has 41 heavy (non-hydrogen) atoms. The zero-order chi connectivity index (χ0) is 28.2. The number of nitrogens with zero attached hydrogens (tertiary/aromatic N) is 2. The van der Waals surface area contributed by atoms with Gasteiger partial charge >= 0.3 is 5.97 Å². The van der Waals surface area contributed by atoms with Crippen LogP contribution in [0.2, 0.25) is 0 Å². The highest BCUT2D eigenvalue weighted by molar-refractivity contribution is 9.10. The van der Waals surface area contributed by atoms with Gasteiger partial charge in [0.2, 0.25) is 6.79 Å². The van der Waals surface area contributed by atoms with Gasteiger partial charge in [-0.3, -0.25) is 14.2 Å². The summed E-state index contributed by atoms with van der Waals surface area (Å²) in [6, 6.07) is 19.1. The molecule has 0 radical (unpaired) electrons. The molecule has 0 saturated carbocycles. The highest BCUT2D eigenvalue weighted by Gasteiger charge is 2.37. The van der Waals surface area contributed by atoms with Crippen LogP contribution in [0.1, 0.15) is 29.7 Å². The molecular weight excluding hydrogens is 610 g/mol. The number of hydrogen-bond acceptors (Lipinski definition) is 8. The van der Waals surface area contributed by atoms with Gasteiger partial charge in [0, 0.05) is 21.3 Å². The predicted octanol–water partition coefficient (Wildman–Crippen LogP) is 3.75. The highest BCUT2D eigenvalue weighted by Crippen LogP contribution is 2.40. The number of benzene rings is 3. The third-order valence-corrected chi connectivity index (χ3v) is 8.56. The van der Waals surface area contributed by atoms with Crippen LogP contribution in [-0.2, 0) is 14.3 Å². The summed E-state index contributed by atoms with van der Waals surface area (Å²) < 4.78 is 19.1. The van der Waals surface area contributed by atoms with Gasteiger partial charge in [0.15, 0.2) is 16.3 Å². The summed E-state index contributed by atoms with van der Waals surface area (Å²) in [7, 11) is 0. The van der Waals surface area contributed by atoms with Gasteiger partial charge in [-0.2, -0.15) is 0 Å². The Morgan fingerprint density at radius 3 is 2.71 bits per heavy atom. The Balaban J connectivity index is 1.57. The molecule has 1 amide bonds. The second-order valence-corrected chi connectivity index (χ2v) is 11.3. The van der Waals surface area contributed by atoms with E-state index < -0.39 is 17.6 Å². The van der Waals surface area contributed by atoms with Crippen LogP contribution in [0.15, 0.2) is 86.6 Å². The van der Waals surface area contributed by atoms with Crippen molar-refractivity contribution in [3.05, 3.63) is 113 Å². The fourth-order valence-corrected chi connectivity index (χ4v) is 6.71. The maximum atomic E-state index is 14.3. The Morgan fingerprint density at radius 2 is 1.90 bits per heavy atom. The second kappa shape index (κ2) is 9.86. The predicted molar refractivity (Wildman–Crippen MR) is 155 cm³/mol. The van der Waals surface area contributed by atoms with Gasteiger partial charge < -0.3 is 19.5 Å². The number of halogens is 1. The van der Waals surface area contributed by atoms with E-state index in [1.807, 2.05) is 36.4 Å². The van der Waals surface area contributed by atoms with Gasteiger partial charge in [-0.15, -0.1) is 0 Å². The highest BCUT2D eigenvalue weighted by atomic mass is 79.9. The number of anilines is 1. The minimum Gasteiger partial charge on any atom is -0.463 e. The fraction of sp³-hybridized carbons (Fsp3) is 0.133. The number of ether oxygens (including phenoxy) is 3. The van der Waals surface area contributed by atoms with E-state index in [0.29, 0.717) is 44.4 Å². The monoisotopic (exact) mass is 629 g/mol. The first kappa shape index (κ1) is 25.5. The van der Waals surface area contributed by atoms with E-state index in [2.05, 4.69) is 21.2 Å². The molecule has 3 aliphatic heterocycles. The van der Waals surface area contributed by atoms with Crippen molar-refractivity contribution in [1.29, 1.82) is 0 Å². The number of hydrogen-bond donors (Lipinski definition) is 1. The summed E-state index contributed by atoms with van der Waals surface area (Å²) >= 11 is 4.58. The molecule has 1 aromatic heterocycles. The first-order chi connectivity index (χ1) is 19.9. The lowest BCUT2D eigenvalue weighted by molar-refractivity contribution is -0.138. The topological polar surface area (TPSA) is 108 Å². The van der Waals surface area contributed by atoms with Gasteiger partial charge in [0.1, 0.15) is 4.53 Å². The van der Waals surface area contributed by atoms with Gasteiger partial charge in [0.05, 0.1) is 29.5 Å². The molecule has 0 bridgehead atoms. The first-order valence-electron chi connectivity index (χ1n) is 12.8. The summed E-state index contributed by atoms with van der Waals surface area (Å²) in [5, 5.41) is 2.85. The molecule has 3 aromatic carbocycles. The summed E-state index contributed by atoms with van der Waals surface area (Å²) in [6.07, 6.45) is 0. The van der Waals surface area contributed by atoms with Crippen LogP contribution in [0.3, 0.4) is 0 Å². The normalized spacial score (nSPS) is 18.0. The van der Waals surface area contributed by atoms with Gasteiger partial charge in [-0.25, -0.2) is 9.79 Å². The third kappa shape index (κ3) is 4.11. The van der Waals surface area contributed by atoms with Crippen LogP contribution in [-0.4, -0.2) is 29.8 Å². The minimum atomic E-state index is -0.907. The molecule has 4 aromatic rings. The van der Waals surface area contributed by atoms with Crippen molar-refractivity contribution in [1.82, 2.24) is 4.57 Å². The van der Waals surface area contributed by atoms with Crippen LogP contribution in [0.5, 0.6) is 11.5 Å². The molecule has 0 saturated heterocycles. The van der Waals surface area contributed by atoms with Crippen LogP contribution in [0.25, 0.3) is 11.3 Å². The average molecular weight is 630 g/mol. The maximum absolute atomic E-state index is 14.3. The number of esters is 1. The van der Waals surface area contributed by atoms with Crippen molar-refractivity contribution in [3.8, 4) is 11.5 Å². The molecule has 7 rings (SSSR count). The quantitative estimate of drug-likeness (QED) is 0.345. The smallest absolute Gasteiger partial charge is 0.338 e. The van der Waals surface area contributed by atoms with Crippen molar-refractivity contribution in [2.45, 2.75) is 13.0 Å². The molecule has 204 valence electrons. The summed E-state index contributed by atoms with van der Waals surface area (Å²) in [4.78, 5) is 46.3. The van der Waals surface area contributed by atoms with Crippen molar-refractivity contribution in [2.24, 2.45) is 4.99 Å². The maximum Gasteiger partial charge on any atom is 0.338 e. The molecule has 0 aliphatic carbocycles. The number of nitrogens with one attached hydrogen (secondary N) is 1. The third-order valence-electron chi connectivity index (χ3n) is 7.01. The lowest BCUT2D eigenvalue weighted by atomic mass is 9.93. The minimum absolute atomic E-state index is 0.0742. The van der Waals surface area contributed by atoms with E-state index >= 15 is 0 Å². The molecule has 9 nitrogen and oxygen atoms in total. The lowest BCUT2D eigenvalue weighted by Crippen LogP contribution is -2.40. The summed E-state index contributed by atoms with van der Waals surface area (Å²) in [6.45, 7) is 1.94. The van der Waals surface area contributed by atoms with E-state index in [4.69, 9.17) is 19.2 Å². The molecular formula is C30H20BrN3O6S. The molecule has 0 unspecified atom stereocenters. The standard InChI is InChI=1S/C30H20BrN3O6S/c1-2-38-29(37)23-24(15-6-4-3-5-7-15)33-30-34(25(23)16-8-11-20-21(12-16)40-14-39-20)28(36)26(41-30)22-18-13-17(31)9-10-19(18)32-27(22)35/h3-13,25H,2,14H2,1H3,(H,32,35)/b26-22-/t25-/m1/s1. The van der Waals surface area contributed by atoms with E-state index in [0.717, 1.165) is 15.8 Å². The Kier molecular flexibility index (Phi) is 6.13. The molecule has 11 heteroatoms. The average Bonchev–Trinajstić information content (AvgIpc) is 3.66. The summed E-state index contributed by atoms with van der Waals surface area (Å²) in [5.41, 5.74) is 2.95. The molecule has 1 atom stereocenters. The van der Waals surface area contributed by atoms with E-state index in [-0.39, 0.29) is 35.0 Å². The van der Waals surface area contributed by atoms with Crippen LogP contribution < -0.4 is 29.7 Å². The molecule has 1 N–H and O–H groups in total. The van der Waals surface area contributed by atoms with Gasteiger partial charge in [-0.05, 0) is 42.8 Å². The van der Waals surface area contributed by atoms with E-state index in [9.17, 15) is 14.4 Å². The van der Waals surface area contributed by atoms with Crippen molar-refractivity contribution in [3.63, 3.8) is 0 Å². The van der Waals surface area contributed by atoms with Crippen molar-refractivity contribution < 1.29 is 23.8 Å². The number of aromatic nitrogens is 1. The number of thiazole rings is 1.